The Morgan fingerprint density at radius 1 is 1.27 bits per heavy atom. The summed E-state index contributed by atoms with van der Waals surface area (Å²) in [6, 6.07) is 0. The van der Waals surface area contributed by atoms with Crippen LogP contribution in [0.25, 0.3) is 0 Å². The predicted octanol–water partition coefficient (Wildman–Crippen LogP) is 2.68. The van der Waals surface area contributed by atoms with Crippen molar-refractivity contribution in [3.63, 3.8) is 0 Å². The van der Waals surface area contributed by atoms with Crippen molar-refractivity contribution in [1.82, 2.24) is 0 Å². The maximum Gasteiger partial charge on any atom is 0.0512 e. The number of rotatable bonds is 7. The lowest BCUT2D eigenvalue weighted by molar-refractivity contribution is 0.184. The van der Waals surface area contributed by atoms with E-state index in [2.05, 4.69) is 6.92 Å². The second-order valence-corrected chi connectivity index (χ2v) is 4.18. The minimum absolute atomic E-state index is 0.109. The topological polar surface area (TPSA) is 20.2 Å². The first-order valence-electron chi connectivity index (χ1n) is 4.53. The van der Waals surface area contributed by atoms with Crippen LogP contribution in [0.1, 0.15) is 39.5 Å². The lowest BCUT2D eigenvalue weighted by Gasteiger charge is -2.02. The quantitative estimate of drug-likeness (QED) is 0.602. The average molecular weight is 176 g/mol. The van der Waals surface area contributed by atoms with E-state index in [1.807, 2.05) is 18.7 Å². The van der Waals surface area contributed by atoms with Crippen molar-refractivity contribution < 1.29 is 5.11 Å². The fourth-order valence-electron chi connectivity index (χ4n) is 0.829. The molecule has 0 aliphatic heterocycles. The Balaban J connectivity index is 2.80. The average Bonchev–Trinajstić information content (AvgIpc) is 1.96. The van der Waals surface area contributed by atoms with Crippen molar-refractivity contribution >= 4 is 11.8 Å². The van der Waals surface area contributed by atoms with Gasteiger partial charge in [-0.25, -0.2) is 0 Å². The molecule has 0 aromatic rings. The van der Waals surface area contributed by atoms with Crippen LogP contribution in [0.15, 0.2) is 0 Å². The van der Waals surface area contributed by atoms with Crippen molar-refractivity contribution in [2.75, 3.05) is 11.5 Å². The van der Waals surface area contributed by atoms with E-state index in [-0.39, 0.29) is 6.10 Å². The van der Waals surface area contributed by atoms with E-state index in [0.717, 1.165) is 12.8 Å². The molecule has 1 atom stereocenters. The lowest BCUT2D eigenvalue weighted by atomic mass is 10.2. The van der Waals surface area contributed by atoms with E-state index < -0.39 is 0 Å². The molecule has 1 unspecified atom stereocenters. The number of thioether (sulfide) groups is 1. The first-order chi connectivity index (χ1) is 5.27. The molecule has 0 spiro atoms. The molecule has 0 aromatic carbocycles. The molecular formula is C9H20OS. The molecule has 0 fully saturated rings. The van der Waals surface area contributed by atoms with Gasteiger partial charge in [0.1, 0.15) is 0 Å². The van der Waals surface area contributed by atoms with Gasteiger partial charge in [0.25, 0.3) is 0 Å². The molecule has 0 saturated carbocycles. The normalized spacial score (nSPS) is 13.4. The van der Waals surface area contributed by atoms with Crippen molar-refractivity contribution in [3.8, 4) is 0 Å². The first kappa shape index (κ1) is 11.3. The van der Waals surface area contributed by atoms with Crippen molar-refractivity contribution in [3.05, 3.63) is 0 Å². The summed E-state index contributed by atoms with van der Waals surface area (Å²) in [5, 5.41) is 8.95. The van der Waals surface area contributed by atoms with Crippen LogP contribution in [0.4, 0.5) is 0 Å². The minimum atomic E-state index is -0.109. The molecule has 2 heteroatoms. The highest BCUT2D eigenvalue weighted by atomic mass is 32.2. The van der Waals surface area contributed by atoms with Crippen LogP contribution < -0.4 is 0 Å². The van der Waals surface area contributed by atoms with Crippen LogP contribution in [0.3, 0.4) is 0 Å². The lowest BCUT2D eigenvalue weighted by Crippen LogP contribution is -1.99. The highest BCUT2D eigenvalue weighted by Gasteiger charge is 1.94. The van der Waals surface area contributed by atoms with Crippen molar-refractivity contribution in [2.24, 2.45) is 0 Å². The van der Waals surface area contributed by atoms with Crippen LogP contribution in [0, 0.1) is 0 Å². The van der Waals surface area contributed by atoms with Gasteiger partial charge < -0.3 is 5.11 Å². The van der Waals surface area contributed by atoms with Gasteiger partial charge in [-0.05, 0) is 37.7 Å². The van der Waals surface area contributed by atoms with E-state index in [9.17, 15) is 0 Å². The summed E-state index contributed by atoms with van der Waals surface area (Å²) in [7, 11) is 0. The highest BCUT2D eigenvalue weighted by molar-refractivity contribution is 7.99. The number of hydrogen-bond donors (Lipinski definition) is 1. The zero-order chi connectivity index (χ0) is 8.53. The third-order valence-corrected chi connectivity index (χ3v) is 2.71. The summed E-state index contributed by atoms with van der Waals surface area (Å²) in [6.45, 7) is 4.08. The fourth-order valence-corrected chi connectivity index (χ4v) is 1.90. The Hall–Kier alpha value is 0.310. The number of aliphatic hydroxyl groups is 1. The molecule has 0 heterocycles. The van der Waals surface area contributed by atoms with Gasteiger partial charge in [0.2, 0.25) is 0 Å². The largest absolute Gasteiger partial charge is 0.393 e. The zero-order valence-corrected chi connectivity index (χ0v) is 8.49. The summed E-state index contributed by atoms with van der Waals surface area (Å²) in [5.41, 5.74) is 0. The first-order valence-corrected chi connectivity index (χ1v) is 5.68. The summed E-state index contributed by atoms with van der Waals surface area (Å²) >= 11 is 2.01. The smallest absolute Gasteiger partial charge is 0.0512 e. The van der Waals surface area contributed by atoms with Crippen LogP contribution in [-0.4, -0.2) is 22.7 Å². The summed E-state index contributed by atoms with van der Waals surface area (Å²) in [6.07, 6.45) is 4.63. The van der Waals surface area contributed by atoms with Gasteiger partial charge in [-0.1, -0.05) is 13.3 Å². The summed E-state index contributed by atoms with van der Waals surface area (Å²) in [4.78, 5) is 0. The van der Waals surface area contributed by atoms with Crippen LogP contribution in [0.2, 0.25) is 0 Å². The molecule has 1 N–H and O–H groups in total. The number of aliphatic hydroxyl groups excluding tert-OH is 1. The Bertz CT molecular complexity index is 74.0. The maximum absolute atomic E-state index is 8.95. The van der Waals surface area contributed by atoms with E-state index in [1.165, 1.54) is 24.3 Å². The molecule has 0 bridgehead atoms. The Morgan fingerprint density at radius 2 is 1.91 bits per heavy atom. The van der Waals surface area contributed by atoms with E-state index >= 15 is 0 Å². The molecule has 0 aliphatic rings. The van der Waals surface area contributed by atoms with Gasteiger partial charge >= 0.3 is 0 Å². The molecule has 11 heavy (non-hydrogen) atoms. The molecule has 0 aliphatic carbocycles. The van der Waals surface area contributed by atoms with E-state index in [0.29, 0.717) is 0 Å². The van der Waals surface area contributed by atoms with Gasteiger partial charge in [0, 0.05) is 0 Å². The molecule has 0 saturated heterocycles. The third-order valence-electron chi connectivity index (χ3n) is 1.55. The molecule has 0 radical (unpaired) electrons. The fraction of sp³-hybridized carbons (Fsp3) is 1.00. The van der Waals surface area contributed by atoms with E-state index in [1.54, 1.807) is 0 Å². The second kappa shape index (κ2) is 8.41. The minimum Gasteiger partial charge on any atom is -0.393 e. The Kier molecular flexibility index (Phi) is 8.64. The molecule has 0 rings (SSSR count). The van der Waals surface area contributed by atoms with Gasteiger partial charge in [0.15, 0.2) is 0 Å². The van der Waals surface area contributed by atoms with Crippen LogP contribution >= 0.6 is 11.8 Å². The van der Waals surface area contributed by atoms with Gasteiger partial charge in [-0.2, -0.15) is 11.8 Å². The van der Waals surface area contributed by atoms with Gasteiger partial charge in [-0.3, -0.25) is 0 Å². The van der Waals surface area contributed by atoms with Gasteiger partial charge in [0.05, 0.1) is 6.10 Å². The van der Waals surface area contributed by atoms with Gasteiger partial charge in [-0.15, -0.1) is 0 Å². The maximum atomic E-state index is 8.95. The molecule has 0 amide bonds. The van der Waals surface area contributed by atoms with E-state index in [4.69, 9.17) is 5.11 Å². The van der Waals surface area contributed by atoms with Crippen LogP contribution in [0.5, 0.6) is 0 Å². The second-order valence-electron chi connectivity index (χ2n) is 2.96. The number of unbranched alkanes of at least 4 members (excludes halogenated alkanes) is 1. The number of hydrogen-bond acceptors (Lipinski definition) is 2. The standard InChI is InChI=1S/C9H20OS/c1-3-4-7-11-8-5-6-9(2)10/h9-10H,3-8H2,1-2H3. The predicted molar refractivity (Wildman–Crippen MR) is 53.1 cm³/mol. The van der Waals surface area contributed by atoms with Crippen LogP contribution in [-0.2, 0) is 0 Å². The van der Waals surface area contributed by atoms with Crippen molar-refractivity contribution in [2.45, 2.75) is 45.6 Å². The molecule has 1 nitrogen and oxygen atoms in total. The summed E-state index contributed by atoms with van der Waals surface area (Å²) in [5.74, 6) is 2.50. The highest BCUT2D eigenvalue weighted by Crippen LogP contribution is 2.08. The summed E-state index contributed by atoms with van der Waals surface area (Å²) < 4.78 is 0. The Labute approximate surface area is 74.6 Å². The molecular weight excluding hydrogens is 156 g/mol. The molecule has 0 aromatic heterocycles. The van der Waals surface area contributed by atoms with Crippen molar-refractivity contribution in [1.29, 1.82) is 0 Å². The SMILES string of the molecule is CCCCSCCCC(C)O. The third kappa shape index (κ3) is 10.3. The zero-order valence-electron chi connectivity index (χ0n) is 7.68. The molecule has 68 valence electrons. The Morgan fingerprint density at radius 3 is 2.45 bits per heavy atom. The monoisotopic (exact) mass is 176 g/mol.